The summed E-state index contributed by atoms with van der Waals surface area (Å²) in [7, 11) is 0. The average molecular weight is 220 g/mol. The van der Waals surface area contributed by atoms with Gasteiger partial charge in [-0.05, 0) is 18.4 Å². The monoisotopic (exact) mass is 220 g/mol. The third kappa shape index (κ3) is 3.15. The molecule has 1 heterocycles. The van der Waals surface area contributed by atoms with Crippen LogP contribution in [0.2, 0.25) is 0 Å². The van der Waals surface area contributed by atoms with E-state index in [0.717, 1.165) is 31.3 Å². The second-order valence-corrected chi connectivity index (χ2v) is 4.01. The molecule has 0 aliphatic carbocycles. The van der Waals surface area contributed by atoms with Crippen molar-refractivity contribution in [3.8, 4) is 0 Å². The Kier molecular flexibility index (Phi) is 4.08. The Morgan fingerprint density at radius 1 is 1.38 bits per heavy atom. The van der Waals surface area contributed by atoms with Gasteiger partial charge in [-0.15, -0.1) is 0 Å². The van der Waals surface area contributed by atoms with Crippen molar-refractivity contribution < 1.29 is 14.3 Å². The number of ether oxygens (including phenoxy) is 2. The van der Waals surface area contributed by atoms with Crippen molar-refractivity contribution in [2.75, 3.05) is 13.2 Å². The highest BCUT2D eigenvalue weighted by molar-refractivity contribution is 5.74. The minimum Gasteiger partial charge on any atom is -0.376 e. The third-order valence-electron chi connectivity index (χ3n) is 2.71. The van der Waals surface area contributed by atoms with Crippen LogP contribution in [-0.2, 0) is 16.1 Å². The predicted octanol–water partition coefficient (Wildman–Crippen LogP) is 2.19. The second kappa shape index (κ2) is 5.77. The Morgan fingerprint density at radius 2 is 2.19 bits per heavy atom. The highest BCUT2D eigenvalue weighted by Crippen LogP contribution is 2.13. The number of carbonyl (C=O) groups is 1. The van der Waals surface area contributed by atoms with E-state index in [9.17, 15) is 4.79 Å². The first-order valence-corrected chi connectivity index (χ1v) is 5.62. The van der Waals surface area contributed by atoms with Gasteiger partial charge in [-0.2, -0.15) is 0 Å². The predicted molar refractivity (Wildman–Crippen MR) is 60.5 cm³/mol. The van der Waals surface area contributed by atoms with Crippen LogP contribution in [0.4, 0.5) is 0 Å². The Balaban J connectivity index is 1.73. The summed E-state index contributed by atoms with van der Waals surface area (Å²) in [6.07, 6.45) is 3.36. The summed E-state index contributed by atoms with van der Waals surface area (Å²) in [4.78, 5) is 10.5. The van der Waals surface area contributed by atoms with Crippen LogP contribution in [0, 0.1) is 0 Å². The van der Waals surface area contributed by atoms with E-state index in [1.54, 1.807) is 12.1 Å². The van der Waals surface area contributed by atoms with Crippen molar-refractivity contribution in [2.45, 2.75) is 25.6 Å². The van der Waals surface area contributed by atoms with Crippen molar-refractivity contribution in [3.63, 3.8) is 0 Å². The zero-order valence-corrected chi connectivity index (χ0v) is 9.22. The van der Waals surface area contributed by atoms with E-state index in [1.807, 2.05) is 12.1 Å². The lowest BCUT2D eigenvalue weighted by Gasteiger charge is -2.09. The molecule has 0 bridgehead atoms. The summed E-state index contributed by atoms with van der Waals surface area (Å²) < 4.78 is 11.0. The van der Waals surface area contributed by atoms with Crippen molar-refractivity contribution >= 4 is 6.29 Å². The molecule has 0 saturated carbocycles. The maximum absolute atomic E-state index is 10.5. The van der Waals surface area contributed by atoms with Crippen LogP contribution in [0.15, 0.2) is 24.3 Å². The van der Waals surface area contributed by atoms with Gasteiger partial charge in [-0.1, -0.05) is 24.3 Å². The molecule has 0 amide bonds. The minimum atomic E-state index is 0.272. The van der Waals surface area contributed by atoms with Crippen molar-refractivity contribution in [1.29, 1.82) is 0 Å². The fourth-order valence-electron chi connectivity index (χ4n) is 1.78. The molecular weight excluding hydrogens is 204 g/mol. The second-order valence-electron chi connectivity index (χ2n) is 4.01. The smallest absolute Gasteiger partial charge is 0.150 e. The molecule has 1 aliphatic rings. The highest BCUT2D eigenvalue weighted by Gasteiger charge is 2.14. The topological polar surface area (TPSA) is 35.5 Å². The average Bonchev–Trinajstić information content (AvgIpc) is 2.83. The van der Waals surface area contributed by atoms with Crippen LogP contribution < -0.4 is 0 Å². The third-order valence-corrected chi connectivity index (χ3v) is 2.71. The fraction of sp³-hybridized carbons (Fsp3) is 0.462. The van der Waals surface area contributed by atoms with Crippen LogP contribution in [-0.4, -0.2) is 25.6 Å². The van der Waals surface area contributed by atoms with Crippen LogP contribution >= 0.6 is 0 Å². The minimum absolute atomic E-state index is 0.272. The lowest BCUT2D eigenvalue weighted by Crippen LogP contribution is -2.13. The van der Waals surface area contributed by atoms with Gasteiger partial charge in [0.15, 0.2) is 0 Å². The Hall–Kier alpha value is -1.19. The molecule has 1 fully saturated rings. The van der Waals surface area contributed by atoms with E-state index in [4.69, 9.17) is 9.47 Å². The zero-order chi connectivity index (χ0) is 11.2. The summed E-state index contributed by atoms with van der Waals surface area (Å²) in [5.74, 6) is 0. The van der Waals surface area contributed by atoms with E-state index in [-0.39, 0.29) is 6.10 Å². The summed E-state index contributed by atoms with van der Waals surface area (Å²) in [6, 6.07) is 7.44. The first-order chi connectivity index (χ1) is 7.88. The van der Waals surface area contributed by atoms with Gasteiger partial charge in [-0.3, -0.25) is 4.79 Å². The van der Waals surface area contributed by atoms with Crippen LogP contribution in [0.1, 0.15) is 28.8 Å². The van der Waals surface area contributed by atoms with E-state index in [1.165, 1.54) is 0 Å². The van der Waals surface area contributed by atoms with E-state index < -0.39 is 0 Å². The largest absolute Gasteiger partial charge is 0.376 e. The molecule has 0 aromatic heterocycles. The molecular formula is C13H16O3. The molecule has 2 rings (SSSR count). The zero-order valence-electron chi connectivity index (χ0n) is 9.22. The van der Waals surface area contributed by atoms with Crippen LogP contribution in [0.3, 0.4) is 0 Å². The molecule has 1 aliphatic heterocycles. The number of rotatable bonds is 5. The Labute approximate surface area is 95.4 Å². The fourth-order valence-corrected chi connectivity index (χ4v) is 1.78. The summed E-state index contributed by atoms with van der Waals surface area (Å²) >= 11 is 0. The van der Waals surface area contributed by atoms with Gasteiger partial charge in [0.05, 0.1) is 19.3 Å². The summed E-state index contributed by atoms with van der Waals surface area (Å²) in [5, 5.41) is 0. The number of hydrogen-bond donors (Lipinski definition) is 0. The molecule has 16 heavy (non-hydrogen) atoms. The van der Waals surface area contributed by atoms with Crippen LogP contribution in [0.25, 0.3) is 0 Å². The number of aldehydes is 1. The first kappa shape index (κ1) is 11.3. The molecule has 1 unspecified atom stereocenters. The van der Waals surface area contributed by atoms with Crippen molar-refractivity contribution in [2.24, 2.45) is 0 Å². The molecule has 0 radical (unpaired) electrons. The lowest BCUT2D eigenvalue weighted by atomic mass is 10.1. The Morgan fingerprint density at radius 3 is 2.81 bits per heavy atom. The molecule has 0 spiro atoms. The Bertz CT molecular complexity index is 326. The number of carbonyl (C=O) groups excluding carboxylic acids is 1. The quantitative estimate of drug-likeness (QED) is 0.713. The normalized spacial score (nSPS) is 19.9. The van der Waals surface area contributed by atoms with Gasteiger partial charge in [0.25, 0.3) is 0 Å². The molecule has 86 valence electrons. The maximum atomic E-state index is 10.5. The molecule has 1 aromatic rings. The van der Waals surface area contributed by atoms with Gasteiger partial charge in [0.2, 0.25) is 0 Å². The highest BCUT2D eigenvalue weighted by atomic mass is 16.5. The summed E-state index contributed by atoms with van der Waals surface area (Å²) in [5.41, 5.74) is 1.78. The van der Waals surface area contributed by atoms with Gasteiger partial charge in [0, 0.05) is 12.2 Å². The standard InChI is InChI=1S/C13H16O3/c14-8-11-3-5-12(6-4-11)9-15-10-13-2-1-7-16-13/h3-6,8,13H,1-2,7,9-10H2. The van der Waals surface area contributed by atoms with E-state index >= 15 is 0 Å². The molecule has 1 atom stereocenters. The van der Waals surface area contributed by atoms with E-state index in [2.05, 4.69) is 0 Å². The van der Waals surface area contributed by atoms with E-state index in [0.29, 0.717) is 18.8 Å². The van der Waals surface area contributed by atoms with Crippen molar-refractivity contribution in [3.05, 3.63) is 35.4 Å². The van der Waals surface area contributed by atoms with Gasteiger partial charge < -0.3 is 9.47 Å². The van der Waals surface area contributed by atoms with Crippen LogP contribution in [0.5, 0.6) is 0 Å². The maximum Gasteiger partial charge on any atom is 0.150 e. The molecule has 3 nitrogen and oxygen atoms in total. The first-order valence-electron chi connectivity index (χ1n) is 5.62. The number of hydrogen-bond acceptors (Lipinski definition) is 3. The van der Waals surface area contributed by atoms with Gasteiger partial charge >= 0.3 is 0 Å². The molecule has 1 aromatic carbocycles. The van der Waals surface area contributed by atoms with Crippen molar-refractivity contribution in [1.82, 2.24) is 0 Å². The molecule has 0 N–H and O–H groups in total. The van der Waals surface area contributed by atoms with Gasteiger partial charge in [-0.25, -0.2) is 0 Å². The lowest BCUT2D eigenvalue weighted by molar-refractivity contribution is 0.0106. The van der Waals surface area contributed by atoms with Gasteiger partial charge in [0.1, 0.15) is 6.29 Å². The molecule has 1 saturated heterocycles. The summed E-state index contributed by atoms with van der Waals surface area (Å²) in [6.45, 7) is 2.11. The number of benzene rings is 1. The molecule has 3 heteroatoms. The SMILES string of the molecule is O=Cc1ccc(COCC2CCCO2)cc1.